The van der Waals surface area contributed by atoms with Crippen molar-refractivity contribution in [2.75, 3.05) is 31.8 Å². The molecule has 0 aliphatic carbocycles. The Hall–Kier alpha value is -4.38. The Morgan fingerprint density at radius 1 is 1.13 bits per heavy atom. The summed E-state index contributed by atoms with van der Waals surface area (Å²) >= 11 is 0.947. The minimum Gasteiger partial charge on any atom is -0.507 e. The number of hydrogen-bond acceptors (Lipinski definition) is 10. The maximum Gasteiger partial charge on any atom is 0.350 e. The summed E-state index contributed by atoms with van der Waals surface area (Å²) in [4.78, 5) is 45.1. The number of carbonyl (C=O) groups excluding carboxylic acids is 3. The predicted octanol–water partition coefficient (Wildman–Crippen LogP) is 4.03. The number of aryl methyl sites for hydroxylation is 1. The number of benzene rings is 2. The number of aliphatic hydroxyl groups is 1. The van der Waals surface area contributed by atoms with E-state index >= 15 is 0 Å². The topological polar surface area (TPSA) is 124 Å². The summed E-state index contributed by atoms with van der Waals surface area (Å²) in [7, 11) is 1.53. The van der Waals surface area contributed by atoms with E-state index < -0.39 is 23.7 Å². The van der Waals surface area contributed by atoms with Gasteiger partial charge in [-0.05, 0) is 49.7 Å². The molecule has 1 N–H and O–H groups in total. The minimum absolute atomic E-state index is 0.123. The number of methoxy groups -OCH3 is 1. The number of rotatable bonds is 6. The van der Waals surface area contributed by atoms with Gasteiger partial charge in [-0.3, -0.25) is 14.5 Å². The fourth-order valence-electron chi connectivity index (χ4n) is 4.35. The number of fused-ring (bicyclic) bond motifs is 1. The number of hydrogen-bond donors (Lipinski definition) is 1. The zero-order valence-corrected chi connectivity index (χ0v) is 21.7. The lowest BCUT2D eigenvalue weighted by molar-refractivity contribution is -0.132. The molecular weight excluding hydrogens is 512 g/mol. The third kappa shape index (κ3) is 4.34. The molecule has 0 spiro atoms. The molecule has 2 aliphatic rings. The lowest BCUT2D eigenvalue weighted by Gasteiger charge is -2.23. The third-order valence-electron chi connectivity index (χ3n) is 6.14. The maximum absolute atomic E-state index is 13.4. The minimum atomic E-state index is -1.02. The molecule has 3 heterocycles. The fraction of sp³-hybridized carbons (Fsp3) is 0.259. The summed E-state index contributed by atoms with van der Waals surface area (Å²) in [5.41, 5.74) is 1.07. The van der Waals surface area contributed by atoms with Crippen LogP contribution in [-0.4, -0.2) is 54.7 Å². The van der Waals surface area contributed by atoms with Crippen molar-refractivity contribution in [3.63, 3.8) is 0 Å². The van der Waals surface area contributed by atoms with Crippen molar-refractivity contribution in [1.29, 1.82) is 0 Å². The number of esters is 1. The zero-order valence-electron chi connectivity index (χ0n) is 20.8. The number of anilines is 1. The van der Waals surface area contributed by atoms with Crippen LogP contribution in [0.25, 0.3) is 5.76 Å². The molecule has 5 rings (SSSR count). The largest absolute Gasteiger partial charge is 0.507 e. The van der Waals surface area contributed by atoms with Gasteiger partial charge in [0.25, 0.3) is 5.78 Å². The van der Waals surface area contributed by atoms with Gasteiger partial charge >= 0.3 is 11.9 Å². The second-order valence-electron chi connectivity index (χ2n) is 8.43. The first-order valence-electron chi connectivity index (χ1n) is 11.8. The number of thiazole rings is 1. The Morgan fingerprint density at radius 2 is 1.84 bits per heavy atom. The van der Waals surface area contributed by atoms with Crippen molar-refractivity contribution in [1.82, 2.24) is 4.98 Å². The van der Waals surface area contributed by atoms with E-state index in [0.29, 0.717) is 41.7 Å². The quantitative estimate of drug-likeness (QED) is 0.215. The van der Waals surface area contributed by atoms with Crippen molar-refractivity contribution >= 4 is 39.9 Å². The first-order chi connectivity index (χ1) is 18.3. The van der Waals surface area contributed by atoms with Gasteiger partial charge in [0.1, 0.15) is 29.6 Å². The number of aromatic nitrogens is 1. The third-order valence-corrected chi connectivity index (χ3v) is 7.28. The molecule has 1 aromatic heterocycles. The van der Waals surface area contributed by atoms with Crippen LogP contribution >= 0.6 is 11.3 Å². The number of ether oxygens (including phenoxy) is 4. The highest BCUT2D eigenvalue weighted by atomic mass is 32.1. The van der Waals surface area contributed by atoms with Crippen LogP contribution < -0.4 is 19.1 Å². The van der Waals surface area contributed by atoms with Gasteiger partial charge in [-0.1, -0.05) is 23.5 Å². The van der Waals surface area contributed by atoms with Gasteiger partial charge in [0.05, 0.1) is 31.0 Å². The maximum atomic E-state index is 13.4. The molecule has 0 saturated carbocycles. The molecule has 1 saturated heterocycles. The van der Waals surface area contributed by atoms with Gasteiger partial charge in [-0.15, -0.1) is 0 Å². The van der Waals surface area contributed by atoms with E-state index in [2.05, 4.69) is 4.98 Å². The highest BCUT2D eigenvalue weighted by molar-refractivity contribution is 7.17. The van der Waals surface area contributed by atoms with Crippen LogP contribution in [0.3, 0.4) is 0 Å². The van der Waals surface area contributed by atoms with Crippen LogP contribution in [0, 0.1) is 6.92 Å². The molecule has 0 bridgehead atoms. The number of aliphatic hydroxyl groups excluding tert-OH is 1. The summed E-state index contributed by atoms with van der Waals surface area (Å²) in [6, 6.07) is 10.6. The van der Waals surface area contributed by atoms with Crippen molar-refractivity contribution < 1.29 is 38.4 Å². The van der Waals surface area contributed by atoms with E-state index in [1.165, 1.54) is 12.0 Å². The summed E-state index contributed by atoms with van der Waals surface area (Å²) in [5, 5.41) is 11.5. The second kappa shape index (κ2) is 10.2. The molecule has 1 atom stereocenters. The normalized spacial score (nSPS) is 18.0. The molecule has 11 heteroatoms. The summed E-state index contributed by atoms with van der Waals surface area (Å²) in [6.45, 7) is 4.24. The Balaban J connectivity index is 1.66. The lowest BCUT2D eigenvalue weighted by atomic mass is 9.95. The monoisotopic (exact) mass is 536 g/mol. The van der Waals surface area contributed by atoms with Gasteiger partial charge in [-0.25, -0.2) is 9.78 Å². The van der Waals surface area contributed by atoms with Crippen LogP contribution in [0.1, 0.15) is 39.5 Å². The second-order valence-corrected chi connectivity index (χ2v) is 9.41. The summed E-state index contributed by atoms with van der Waals surface area (Å²) in [6.07, 6.45) is 0. The predicted molar refractivity (Wildman–Crippen MR) is 138 cm³/mol. The van der Waals surface area contributed by atoms with Crippen LogP contribution in [0.15, 0.2) is 48.0 Å². The molecular formula is C27H24N2O8S. The van der Waals surface area contributed by atoms with Crippen molar-refractivity contribution in [3.8, 4) is 17.2 Å². The number of Topliss-reactive ketones (excluding diaryl/α,β-unsaturated/α-hetero) is 1. The molecule has 1 fully saturated rings. The Morgan fingerprint density at radius 3 is 2.53 bits per heavy atom. The van der Waals surface area contributed by atoms with Gasteiger partial charge in [0, 0.05) is 5.56 Å². The SMILES string of the molecule is CCOC(=O)c1sc(N2C(=O)C(=O)C(=C(O)c3ccc4c(c3)OCCO4)C2c2ccc(OC)cc2)nc1C. The van der Waals surface area contributed by atoms with E-state index in [1.54, 1.807) is 56.3 Å². The summed E-state index contributed by atoms with van der Waals surface area (Å²) in [5.74, 6) is -1.19. The van der Waals surface area contributed by atoms with Gasteiger partial charge < -0.3 is 24.1 Å². The van der Waals surface area contributed by atoms with Crippen molar-refractivity contribution in [2.45, 2.75) is 19.9 Å². The lowest BCUT2D eigenvalue weighted by Crippen LogP contribution is -2.29. The van der Waals surface area contributed by atoms with Gasteiger partial charge in [0.2, 0.25) is 0 Å². The average molecular weight is 537 g/mol. The van der Waals surface area contributed by atoms with E-state index in [9.17, 15) is 19.5 Å². The van der Waals surface area contributed by atoms with Crippen LogP contribution in [0.2, 0.25) is 0 Å². The van der Waals surface area contributed by atoms with Crippen LogP contribution in [0.5, 0.6) is 17.2 Å². The molecule has 3 aromatic rings. The number of carbonyl (C=O) groups is 3. The molecule has 0 radical (unpaired) electrons. The van der Waals surface area contributed by atoms with Gasteiger partial charge in [0.15, 0.2) is 16.6 Å². The van der Waals surface area contributed by atoms with Crippen LogP contribution in [0.4, 0.5) is 5.13 Å². The zero-order chi connectivity index (χ0) is 27.0. The first kappa shape index (κ1) is 25.3. The molecule has 196 valence electrons. The average Bonchev–Trinajstić information content (AvgIpc) is 3.44. The standard InChI is InChI=1S/C27H24N2O8S/c1-4-35-26(33)24-14(2)28-27(38-24)29-21(15-5-8-17(34-3)9-6-15)20(23(31)25(29)32)22(30)16-7-10-18-19(13-16)37-12-11-36-18/h5-10,13,21,30H,4,11-12H2,1-3H3. The molecule has 1 unspecified atom stereocenters. The molecule has 38 heavy (non-hydrogen) atoms. The molecule has 1 amide bonds. The molecule has 2 aromatic carbocycles. The fourth-order valence-corrected chi connectivity index (χ4v) is 5.34. The van der Waals surface area contributed by atoms with Crippen LogP contribution in [-0.2, 0) is 14.3 Å². The van der Waals surface area contributed by atoms with E-state index in [-0.39, 0.29) is 33.5 Å². The number of ketones is 1. The number of nitrogens with zero attached hydrogens (tertiary/aromatic N) is 2. The van der Waals surface area contributed by atoms with Crippen molar-refractivity contribution in [2.24, 2.45) is 0 Å². The van der Waals surface area contributed by atoms with Crippen molar-refractivity contribution in [3.05, 3.63) is 69.7 Å². The Kier molecular flexibility index (Phi) is 6.77. The molecule has 10 nitrogen and oxygen atoms in total. The van der Waals surface area contributed by atoms with Gasteiger partial charge in [-0.2, -0.15) is 0 Å². The van der Waals surface area contributed by atoms with E-state index in [0.717, 1.165) is 11.3 Å². The van der Waals surface area contributed by atoms with E-state index in [1.807, 2.05) is 0 Å². The first-order valence-corrected chi connectivity index (χ1v) is 12.6. The highest BCUT2D eigenvalue weighted by Gasteiger charge is 2.48. The smallest absolute Gasteiger partial charge is 0.350 e. The Labute approximate surface area is 222 Å². The Bertz CT molecular complexity index is 1460. The summed E-state index contributed by atoms with van der Waals surface area (Å²) < 4.78 is 21.5. The van der Waals surface area contributed by atoms with E-state index in [4.69, 9.17) is 18.9 Å². The number of amides is 1. The highest BCUT2D eigenvalue weighted by Crippen LogP contribution is 2.45. The molecule has 2 aliphatic heterocycles.